The highest BCUT2D eigenvalue weighted by molar-refractivity contribution is 5.89. The van der Waals surface area contributed by atoms with E-state index in [1.807, 2.05) is 42.1 Å². The standard InChI is InChI=1S/C20H23N5O3/c1-4-14(3)25-19(7-13(2)23-25)22-20(26)11-24-10-16(9-21-24)15-5-6-17-18(8-15)28-12-27-17/h5-10,14H,4,11-12H2,1-3H3,(H,22,26)/t14-/m0/s1. The fraction of sp³-hybridized carbons (Fsp3) is 0.350. The number of benzene rings is 1. The summed E-state index contributed by atoms with van der Waals surface area (Å²) in [6.07, 6.45) is 4.51. The Bertz CT molecular complexity index is 1010. The smallest absolute Gasteiger partial charge is 0.247 e. The lowest BCUT2D eigenvalue weighted by Gasteiger charge is -2.14. The first-order chi connectivity index (χ1) is 13.5. The van der Waals surface area contributed by atoms with Gasteiger partial charge in [-0.3, -0.25) is 9.48 Å². The minimum absolute atomic E-state index is 0.120. The maximum atomic E-state index is 12.5. The Kier molecular flexibility index (Phi) is 4.77. The minimum Gasteiger partial charge on any atom is -0.454 e. The van der Waals surface area contributed by atoms with Gasteiger partial charge < -0.3 is 14.8 Å². The van der Waals surface area contributed by atoms with Crippen molar-refractivity contribution in [2.45, 2.75) is 39.8 Å². The Morgan fingerprint density at radius 2 is 2.07 bits per heavy atom. The highest BCUT2D eigenvalue weighted by atomic mass is 16.7. The Balaban J connectivity index is 1.45. The van der Waals surface area contributed by atoms with E-state index >= 15 is 0 Å². The predicted octanol–water partition coefficient (Wildman–Crippen LogP) is 3.39. The summed E-state index contributed by atoms with van der Waals surface area (Å²) in [4.78, 5) is 12.5. The maximum Gasteiger partial charge on any atom is 0.247 e. The zero-order valence-electron chi connectivity index (χ0n) is 16.2. The van der Waals surface area contributed by atoms with Crippen LogP contribution < -0.4 is 14.8 Å². The SMILES string of the molecule is CC[C@H](C)n1nc(C)cc1NC(=O)Cn1cc(-c2ccc3c(c2)OCO3)cn1. The number of hydrogen-bond donors (Lipinski definition) is 1. The van der Waals surface area contributed by atoms with Crippen LogP contribution in [0.5, 0.6) is 11.5 Å². The highest BCUT2D eigenvalue weighted by Gasteiger charge is 2.16. The Morgan fingerprint density at radius 3 is 2.89 bits per heavy atom. The Hall–Kier alpha value is -3.29. The number of nitrogens with zero attached hydrogens (tertiary/aromatic N) is 4. The lowest BCUT2D eigenvalue weighted by Crippen LogP contribution is -2.22. The number of carbonyl (C=O) groups is 1. The van der Waals surface area contributed by atoms with Gasteiger partial charge in [0.2, 0.25) is 12.7 Å². The van der Waals surface area contributed by atoms with E-state index in [-0.39, 0.29) is 25.3 Å². The quantitative estimate of drug-likeness (QED) is 0.708. The summed E-state index contributed by atoms with van der Waals surface area (Å²) in [5.41, 5.74) is 2.74. The maximum absolute atomic E-state index is 12.5. The average molecular weight is 381 g/mol. The predicted molar refractivity (Wildman–Crippen MR) is 104 cm³/mol. The van der Waals surface area contributed by atoms with E-state index in [4.69, 9.17) is 9.47 Å². The second kappa shape index (κ2) is 7.38. The van der Waals surface area contributed by atoms with Crippen LogP contribution in [0.25, 0.3) is 11.1 Å². The number of amides is 1. The number of aromatic nitrogens is 4. The van der Waals surface area contributed by atoms with Crippen LogP contribution in [0.1, 0.15) is 32.0 Å². The molecule has 0 unspecified atom stereocenters. The zero-order valence-corrected chi connectivity index (χ0v) is 16.2. The number of aryl methyl sites for hydroxylation is 1. The van der Waals surface area contributed by atoms with E-state index in [1.54, 1.807) is 10.9 Å². The van der Waals surface area contributed by atoms with Gasteiger partial charge in [-0.25, -0.2) is 4.68 Å². The van der Waals surface area contributed by atoms with Crippen molar-refractivity contribution in [3.8, 4) is 22.6 Å². The van der Waals surface area contributed by atoms with Crippen molar-refractivity contribution in [1.82, 2.24) is 19.6 Å². The molecule has 3 aromatic rings. The van der Waals surface area contributed by atoms with Gasteiger partial charge in [-0.15, -0.1) is 0 Å². The van der Waals surface area contributed by atoms with Crippen molar-refractivity contribution in [1.29, 1.82) is 0 Å². The molecule has 0 saturated heterocycles. The van der Waals surface area contributed by atoms with Gasteiger partial charge in [0.15, 0.2) is 11.5 Å². The molecule has 1 aliphatic rings. The fourth-order valence-electron chi connectivity index (χ4n) is 3.12. The van der Waals surface area contributed by atoms with Crippen molar-refractivity contribution in [3.05, 3.63) is 42.4 Å². The summed E-state index contributed by atoms with van der Waals surface area (Å²) in [7, 11) is 0. The fourth-order valence-corrected chi connectivity index (χ4v) is 3.12. The molecule has 1 aromatic carbocycles. The molecule has 0 aliphatic carbocycles. The molecule has 146 valence electrons. The molecule has 1 amide bonds. The van der Waals surface area contributed by atoms with Gasteiger partial charge >= 0.3 is 0 Å². The summed E-state index contributed by atoms with van der Waals surface area (Å²) in [5, 5.41) is 11.7. The van der Waals surface area contributed by atoms with Gasteiger partial charge in [0.1, 0.15) is 12.4 Å². The van der Waals surface area contributed by atoms with Crippen LogP contribution in [0, 0.1) is 6.92 Å². The number of anilines is 1. The van der Waals surface area contributed by atoms with Crippen LogP contribution in [-0.2, 0) is 11.3 Å². The second-order valence-corrected chi connectivity index (χ2v) is 6.92. The van der Waals surface area contributed by atoms with Crippen LogP contribution >= 0.6 is 0 Å². The summed E-state index contributed by atoms with van der Waals surface area (Å²) in [5.74, 6) is 2.02. The highest BCUT2D eigenvalue weighted by Crippen LogP contribution is 2.35. The first-order valence-electron chi connectivity index (χ1n) is 9.32. The van der Waals surface area contributed by atoms with Crippen molar-refractivity contribution < 1.29 is 14.3 Å². The molecule has 0 bridgehead atoms. The van der Waals surface area contributed by atoms with Gasteiger partial charge in [-0.1, -0.05) is 13.0 Å². The van der Waals surface area contributed by atoms with Gasteiger partial charge in [-0.05, 0) is 38.0 Å². The third-order valence-electron chi connectivity index (χ3n) is 4.78. The van der Waals surface area contributed by atoms with Crippen LogP contribution in [0.2, 0.25) is 0 Å². The molecule has 3 heterocycles. The molecule has 2 aromatic heterocycles. The summed E-state index contributed by atoms with van der Waals surface area (Å²) >= 11 is 0. The molecule has 28 heavy (non-hydrogen) atoms. The normalized spacial score (nSPS) is 13.5. The number of rotatable bonds is 6. The van der Waals surface area contributed by atoms with Gasteiger partial charge in [0.05, 0.1) is 17.9 Å². The zero-order chi connectivity index (χ0) is 19.7. The molecule has 1 atom stereocenters. The van der Waals surface area contributed by atoms with Crippen LogP contribution in [-0.4, -0.2) is 32.3 Å². The summed E-state index contributed by atoms with van der Waals surface area (Å²) in [6.45, 7) is 6.45. The number of ether oxygens (including phenoxy) is 2. The molecule has 0 spiro atoms. The Morgan fingerprint density at radius 1 is 1.25 bits per heavy atom. The van der Waals surface area contributed by atoms with E-state index in [9.17, 15) is 4.79 Å². The molecule has 0 radical (unpaired) electrons. The van der Waals surface area contributed by atoms with E-state index in [0.717, 1.165) is 34.7 Å². The van der Waals surface area contributed by atoms with Crippen molar-refractivity contribution in [2.75, 3.05) is 12.1 Å². The van der Waals surface area contributed by atoms with Crippen molar-refractivity contribution in [2.24, 2.45) is 0 Å². The largest absolute Gasteiger partial charge is 0.454 e. The molecular formula is C20H23N5O3. The van der Waals surface area contributed by atoms with E-state index in [1.165, 1.54) is 0 Å². The number of carbonyl (C=O) groups excluding carboxylic acids is 1. The average Bonchev–Trinajstić information content (AvgIpc) is 3.40. The number of hydrogen-bond acceptors (Lipinski definition) is 5. The van der Waals surface area contributed by atoms with E-state index in [2.05, 4.69) is 29.4 Å². The van der Waals surface area contributed by atoms with E-state index < -0.39 is 0 Å². The third-order valence-corrected chi connectivity index (χ3v) is 4.78. The lowest BCUT2D eigenvalue weighted by atomic mass is 10.1. The molecule has 8 heteroatoms. The summed E-state index contributed by atoms with van der Waals surface area (Å²) in [6, 6.07) is 7.83. The molecular weight excluding hydrogens is 358 g/mol. The molecule has 0 fully saturated rings. The molecule has 4 rings (SSSR count). The van der Waals surface area contributed by atoms with E-state index in [0.29, 0.717) is 5.82 Å². The van der Waals surface area contributed by atoms with Crippen molar-refractivity contribution in [3.63, 3.8) is 0 Å². The van der Waals surface area contributed by atoms with Crippen LogP contribution in [0.3, 0.4) is 0 Å². The minimum atomic E-state index is -0.148. The monoisotopic (exact) mass is 381 g/mol. The van der Waals surface area contributed by atoms with Gasteiger partial charge in [-0.2, -0.15) is 10.2 Å². The number of nitrogens with one attached hydrogen (secondary N) is 1. The van der Waals surface area contributed by atoms with Crippen LogP contribution in [0.4, 0.5) is 5.82 Å². The number of fused-ring (bicyclic) bond motifs is 1. The lowest BCUT2D eigenvalue weighted by molar-refractivity contribution is -0.117. The van der Waals surface area contributed by atoms with Crippen molar-refractivity contribution >= 4 is 11.7 Å². The molecule has 1 N–H and O–H groups in total. The summed E-state index contributed by atoms with van der Waals surface area (Å²) < 4.78 is 14.2. The topological polar surface area (TPSA) is 83.2 Å². The third kappa shape index (κ3) is 3.58. The molecule has 8 nitrogen and oxygen atoms in total. The van der Waals surface area contributed by atoms with Crippen LogP contribution in [0.15, 0.2) is 36.7 Å². The first kappa shape index (κ1) is 18.1. The van der Waals surface area contributed by atoms with Gasteiger partial charge in [0.25, 0.3) is 0 Å². The van der Waals surface area contributed by atoms with Gasteiger partial charge in [0, 0.05) is 17.8 Å². The molecule has 1 aliphatic heterocycles. The second-order valence-electron chi connectivity index (χ2n) is 6.92. The first-order valence-corrected chi connectivity index (χ1v) is 9.32. The molecule has 0 saturated carbocycles. The Labute approximate surface area is 163 Å².